The molecular formula is C25H23BrFNO6S. The molecule has 1 amide bonds. The van der Waals surface area contributed by atoms with E-state index < -0.39 is 11.9 Å². The number of aliphatic imine (C=N–C) groups is 1. The lowest BCUT2D eigenvalue weighted by atomic mass is 10.1. The van der Waals surface area contributed by atoms with Gasteiger partial charge in [0.05, 0.1) is 23.1 Å². The van der Waals surface area contributed by atoms with Crippen molar-refractivity contribution in [2.75, 3.05) is 13.7 Å². The van der Waals surface area contributed by atoms with Gasteiger partial charge in [0.2, 0.25) is 5.91 Å². The van der Waals surface area contributed by atoms with Crippen LogP contribution in [0.15, 0.2) is 62.1 Å². The molecule has 0 atom stereocenters. The highest BCUT2D eigenvalue weighted by Gasteiger charge is 2.33. The molecule has 1 aliphatic heterocycles. The first kappa shape index (κ1) is 26.5. The minimum atomic E-state index is -0.758. The van der Waals surface area contributed by atoms with Crippen LogP contribution in [0.5, 0.6) is 11.5 Å². The number of nitrogens with zero attached hydrogens (tertiary/aromatic N) is 1. The summed E-state index contributed by atoms with van der Waals surface area (Å²) in [5.74, 6) is -0.961. The number of aliphatic hydroxyl groups excluding tert-OH is 1. The van der Waals surface area contributed by atoms with E-state index >= 15 is 0 Å². The third-order valence-corrected chi connectivity index (χ3v) is 6.35. The van der Waals surface area contributed by atoms with Crippen LogP contribution in [-0.4, -0.2) is 35.7 Å². The van der Waals surface area contributed by atoms with E-state index in [1.165, 1.54) is 19.2 Å². The highest BCUT2D eigenvalue weighted by Crippen LogP contribution is 2.42. The number of esters is 1. The van der Waals surface area contributed by atoms with E-state index in [4.69, 9.17) is 14.2 Å². The van der Waals surface area contributed by atoms with Gasteiger partial charge in [-0.15, -0.1) is 0 Å². The van der Waals surface area contributed by atoms with E-state index in [0.717, 1.165) is 17.3 Å². The van der Waals surface area contributed by atoms with Crippen molar-refractivity contribution in [2.45, 2.75) is 26.9 Å². The second kappa shape index (κ2) is 12.0. The molecule has 0 saturated heterocycles. The molecule has 10 heteroatoms. The number of halogens is 2. The van der Waals surface area contributed by atoms with Crippen molar-refractivity contribution in [1.29, 1.82) is 0 Å². The molecule has 0 spiro atoms. The normalized spacial score (nSPS) is 15.6. The van der Waals surface area contributed by atoms with E-state index in [0.29, 0.717) is 26.4 Å². The minimum Gasteiger partial charge on any atom is -0.506 e. The molecule has 3 rings (SSSR count). The van der Waals surface area contributed by atoms with E-state index in [2.05, 4.69) is 20.9 Å². The van der Waals surface area contributed by atoms with Gasteiger partial charge in [0, 0.05) is 6.42 Å². The number of aliphatic hydroxyl groups is 1. The predicted octanol–water partition coefficient (Wildman–Crippen LogP) is 5.97. The highest BCUT2D eigenvalue weighted by molar-refractivity contribution is 9.10. The maximum Gasteiger partial charge on any atom is 0.344 e. The number of amides is 1. The molecular weight excluding hydrogens is 541 g/mol. The molecule has 0 bridgehead atoms. The number of benzene rings is 2. The van der Waals surface area contributed by atoms with Crippen molar-refractivity contribution in [2.24, 2.45) is 4.99 Å². The monoisotopic (exact) mass is 563 g/mol. The summed E-state index contributed by atoms with van der Waals surface area (Å²) < 4.78 is 30.1. The van der Waals surface area contributed by atoms with Crippen LogP contribution in [0.2, 0.25) is 0 Å². The molecule has 1 aliphatic rings. The molecule has 7 nitrogen and oxygen atoms in total. The van der Waals surface area contributed by atoms with E-state index in [1.807, 2.05) is 0 Å². The summed E-state index contributed by atoms with van der Waals surface area (Å²) in [6.07, 6.45) is 1.79. The molecule has 0 saturated carbocycles. The summed E-state index contributed by atoms with van der Waals surface area (Å²) in [6, 6.07) is 9.42. The molecule has 0 aromatic heterocycles. The lowest BCUT2D eigenvalue weighted by molar-refractivity contribution is -0.138. The molecule has 2 aromatic carbocycles. The first-order valence-electron chi connectivity index (χ1n) is 10.6. The van der Waals surface area contributed by atoms with E-state index in [9.17, 15) is 19.1 Å². The van der Waals surface area contributed by atoms with Gasteiger partial charge in [-0.3, -0.25) is 4.79 Å². The number of hydrogen-bond acceptors (Lipinski definition) is 7. The van der Waals surface area contributed by atoms with Gasteiger partial charge in [-0.2, -0.15) is 0 Å². The Balaban J connectivity index is 1.93. The molecule has 0 unspecified atom stereocenters. The first-order chi connectivity index (χ1) is 16.8. The van der Waals surface area contributed by atoms with Crippen molar-refractivity contribution in [3.8, 4) is 11.5 Å². The van der Waals surface area contributed by atoms with Gasteiger partial charge in [0.1, 0.15) is 28.8 Å². The van der Waals surface area contributed by atoms with Crippen molar-refractivity contribution in [1.82, 2.24) is 0 Å². The molecule has 2 aromatic rings. The largest absolute Gasteiger partial charge is 0.506 e. The van der Waals surface area contributed by atoms with Crippen LogP contribution in [0.25, 0.3) is 6.08 Å². The zero-order chi connectivity index (χ0) is 25.5. The minimum absolute atomic E-state index is 0.0873. The van der Waals surface area contributed by atoms with Gasteiger partial charge in [-0.25, -0.2) is 14.2 Å². The third kappa shape index (κ3) is 6.52. The Kier molecular flexibility index (Phi) is 9.11. The number of carbonyl (C=O) groups is 2. The Labute approximate surface area is 214 Å². The van der Waals surface area contributed by atoms with Crippen LogP contribution in [0.1, 0.15) is 31.4 Å². The first-order valence-corrected chi connectivity index (χ1v) is 12.2. The Hall–Kier alpha value is -3.11. The van der Waals surface area contributed by atoms with Gasteiger partial charge in [-0.1, -0.05) is 30.8 Å². The van der Waals surface area contributed by atoms with Gasteiger partial charge >= 0.3 is 5.97 Å². The van der Waals surface area contributed by atoms with Crippen LogP contribution in [0.4, 0.5) is 4.39 Å². The summed E-state index contributed by atoms with van der Waals surface area (Å²) in [7, 11) is 1.49. The topological polar surface area (TPSA) is 94.4 Å². The molecule has 0 radical (unpaired) electrons. The van der Waals surface area contributed by atoms with Gasteiger partial charge in [0.25, 0.3) is 0 Å². The molecule has 1 heterocycles. The fraction of sp³-hybridized carbons (Fsp3) is 0.240. The van der Waals surface area contributed by atoms with Crippen LogP contribution >= 0.6 is 27.7 Å². The van der Waals surface area contributed by atoms with Crippen molar-refractivity contribution >= 4 is 50.7 Å². The molecule has 184 valence electrons. The lowest BCUT2D eigenvalue weighted by Crippen LogP contribution is -2.14. The Morgan fingerprint density at radius 3 is 2.54 bits per heavy atom. The smallest absolute Gasteiger partial charge is 0.344 e. The van der Waals surface area contributed by atoms with Gasteiger partial charge in [0.15, 0.2) is 11.5 Å². The summed E-state index contributed by atoms with van der Waals surface area (Å²) in [5, 5.41) is 10.8. The number of methoxy groups -OCH3 is 1. The van der Waals surface area contributed by atoms with Crippen molar-refractivity contribution < 1.29 is 33.3 Å². The van der Waals surface area contributed by atoms with Gasteiger partial charge in [-0.05, 0) is 64.3 Å². The fourth-order valence-electron chi connectivity index (χ4n) is 3.03. The maximum absolute atomic E-state index is 13.1. The number of ether oxygens (including phenoxy) is 3. The van der Waals surface area contributed by atoms with Crippen LogP contribution in [-0.2, 0) is 20.9 Å². The molecule has 1 N–H and O–H groups in total. The van der Waals surface area contributed by atoms with Gasteiger partial charge < -0.3 is 19.3 Å². The van der Waals surface area contributed by atoms with E-state index in [-0.39, 0.29) is 41.8 Å². The summed E-state index contributed by atoms with van der Waals surface area (Å²) in [5.41, 5.74) is 1.27. The second-order valence-corrected chi connectivity index (χ2v) is 9.05. The van der Waals surface area contributed by atoms with E-state index in [1.54, 1.807) is 44.2 Å². The molecule has 0 aliphatic carbocycles. The summed E-state index contributed by atoms with van der Waals surface area (Å²) >= 11 is 4.48. The summed E-state index contributed by atoms with van der Waals surface area (Å²) in [6.45, 7) is 3.60. The predicted molar refractivity (Wildman–Crippen MR) is 136 cm³/mol. The molecule has 0 fully saturated rings. The zero-order valence-corrected chi connectivity index (χ0v) is 21.7. The SMILES string of the molecule is CCOC(=O)C1=C(O)/C(=C/c2cc(Br)c(OCc3ccc(F)cc3)c(OC)c2)SC1=NC(=O)CC. The van der Waals surface area contributed by atoms with Crippen molar-refractivity contribution in [3.05, 3.63) is 74.1 Å². The van der Waals surface area contributed by atoms with Crippen LogP contribution in [0, 0.1) is 5.82 Å². The quantitative estimate of drug-likeness (QED) is 0.395. The average molecular weight is 564 g/mol. The highest BCUT2D eigenvalue weighted by atomic mass is 79.9. The maximum atomic E-state index is 13.1. The zero-order valence-electron chi connectivity index (χ0n) is 19.3. The van der Waals surface area contributed by atoms with Crippen LogP contribution < -0.4 is 9.47 Å². The number of thioether (sulfide) groups is 1. The number of carbonyl (C=O) groups excluding carboxylic acids is 2. The Bertz CT molecular complexity index is 1220. The lowest BCUT2D eigenvalue weighted by Gasteiger charge is -2.14. The average Bonchev–Trinajstić information content (AvgIpc) is 3.13. The number of rotatable bonds is 8. The Morgan fingerprint density at radius 2 is 1.91 bits per heavy atom. The molecule has 35 heavy (non-hydrogen) atoms. The standard InChI is InChI=1S/C25H23BrFNO6S/c1-4-20(29)28-24-21(25(31)33-5-2)22(30)19(35-24)12-15-10-17(26)23(18(11-15)32-3)34-13-14-6-8-16(27)9-7-14/h6-12,30H,4-5,13H2,1-3H3/b19-12-,28-24?. The fourth-order valence-corrected chi connectivity index (χ4v) is 4.64. The third-order valence-electron chi connectivity index (χ3n) is 4.74. The number of hydrogen-bond donors (Lipinski definition) is 1. The van der Waals surface area contributed by atoms with Crippen LogP contribution in [0.3, 0.4) is 0 Å². The second-order valence-electron chi connectivity index (χ2n) is 7.17. The summed E-state index contributed by atoms with van der Waals surface area (Å²) in [4.78, 5) is 28.6. The van der Waals surface area contributed by atoms with Crippen molar-refractivity contribution in [3.63, 3.8) is 0 Å². The Morgan fingerprint density at radius 1 is 1.20 bits per heavy atom.